The number of amides is 4. The van der Waals surface area contributed by atoms with Gasteiger partial charge in [0.05, 0.1) is 71.6 Å². The van der Waals surface area contributed by atoms with Crippen LogP contribution in [0.5, 0.6) is 0 Å². The minimum absolute atomic E-state index is 0. The molecule has 0 spiro atoms. The van der Waals surface area contributed by atoms with E-state index in [9.17, 15) is 19.2 Å². The Balaban J connectivity index is 0.00000769. The summed E-state index contributed by atoms with van der Waals surface area (Å²) in [7, 11) is 0. The molecule has 4 aromatic carbocycles. The van der Waals surface area contributed by atoms with Gasteiger partial charge in [0.25, 0.3) is 23.6 Å². The predicted molar refractivity (Wildman–Crippen MR) is 342 cm³/mol. The molecule has 0 N–H and O–H groups in total. The number of aromatic nitrogens is 4. The predicted octanol–water partition coefficient (Wildman–Crippen LogP) is 11.6. The average Bonchev–Trinajstić information content (AvgIpc) is 1.82. The SMILES string of the molecule is CC1CN(C(=O)c2ccc(-c3c4nc(c(-c5ccc(C(=O)N6CC(C)OC(C)C6)cc5)c5ccc([n-]5)c(-c5ccc(C(=O)N6CC(C)OC(C)C6)cc5)c5nc(c(-c6ccc(C(=O)N7CC(C)OC(C)C7)cc6)c6ccc3[n-]6)C=C5)C=C4)cc2)CC(C)O1.[Ni+2]. The van der Waals surface area contributed by atoms with Gasteiger partial charge in [-0.15, -0.1) is 22.1 Å². The molecule has 8 bridgehead atoms. The average molecular weight is 1240 g/mol. The van der Waals surface area contributed by atoms with Crippen LogP contribution in [0.3, 0.4) is 0 Å². The number of hydrogen-bond donors (Lipinski definition) is 0. The molecule has 4 fully saturated rings. The van der Waals surface area contributed by atoms with Crippen molar-refractivity contribution < 1.29 is 54.6 Å². The van der Waals surface area contributed by atoms with E-state index in [1.807, 2.05) is 221 Å². The summed E-state index contributed by atoms with van der Waals surface area (Å²) >= 11 is 0. The fourth-order valence-electron chi connectivity index (χ4n) is 13.5. The minimum Gasteiger partial charge on any atom is -0.657 e. The Labute approximate surface area is 528 Å². The fourth-order valence-corrected chi connectivity index (χ4v) is 13.5. The molecule has 8 unspecified atom stereocenters. The van der Waals surface area contributed by atoms with Gasteiger partial charge in [0.1, 0.15) is 0 Å². The number of ether oxygens (including phenoxy) is 4. The van der Waals surface area contributed by atoms with Gasteiger partial charge >= 0.3 is 16.5 Å². The van der Waals surface area contributed by atoms with Crippen molar-refractivity contribution in [3.8, 4) is 44.5 Å². The molecule has 16 nitrogen and oxygen atoms in total. The zero-order chi connectivity index (χ0) is 61.1. The van der Waals surface area contributed by atoms with Gasteiger partial charge in [-0.1, -0.05) is 72.8 Å². The van der Waals surface area contributed by atoms with Crippen molar-refractivity contribution in [1.29, 1.82) is 0 Å². The monoisotopic (exact) mass is 1230 g/mol. The largest absolute Gasteiger partial charge is 2.00 e. The van der Waals surface area contributed by atoms with Gasteiger partial charge in [0, 0.05) is 74.6 Å². The van der Waals surface area contributed by atoms with E-state index < -0.39 is 0 Å². The van der Waals surface area contributed by atoms with Gasteiger partial charge in [0.15, 0.2) is 0 Å². The third kappa shape index (κ3) is 12.6. The van der Waals surface area contributed by atoms with Crippen molar-refractivity contribution in [3.05, 3.63) is 166 Å². The number of fused-ring (bicyclic) bond motifs is 8. The zero-order valence-corrected chi connectivity index (χ0v) is 52.3. The molecule has 8 atom stereocenters. The first-order valence-electron chi connectivity index (χ1n) is 30.7. The molecule has 13 rings (SSSR count). The summed E-state index contributed by atoms with van der Waals surface area (Å²) in [5.74, 6) is -0.260. The van der Waals surface area contributed by atoms with Gasteiger partial charge < -0.3 is 48.5 Å². The first-order valence-corrected chi connectivity index (χ1v) is 30.7. The maximum atomic E-state index is 14.1. The van der Waals surface area contributed by atoms with Crippen LogP contribution in [0, 0.1) is 0 Å². The van der Waals surface area contributed by atoms with E-state index in [0.717, 1.165) is 44.5 Å². The van der Waals surface area contributed by atoms with Crippen molar-refractivity contribution in [3.63, 3.8) is 0 Å². The van der Waals surface area contributed by atoms with Crippen LogP contribution in [-0.2, 0) is 35.4 Å². The summed E-state index contributed by atoms with van der Waals surface area (Å²) in [5.41, 5.74) is 13.5. The topological polar surface area (TPSA) is 172 Å². The number of nitrogens with zero attached hydrogens (tertiary/aromatic N) is 8. The third-order valence-electron chi connectivity index (χ3n) is 17.1. The van der Waals surface area contributed by atoms with E-state index in [-0.39, 0.29) is 89.0 Å². The summed E-state index contributed by atoms with van der Waals surface area (Å²) in [6.45, 7) is 19.9. The van der Waals surface area contributed by atoms with E-state index >= 15 is 0 Å². The zero-order valence-electron chi connectivity index (χ0n) is 51.3. The summed E-state index contributed by atoms with van der Waals surface area (Å²) in [6.07, 6.45) is 7.32. The molecule has 0 saturated carbocycles. The first-order chi connectivity index (χ1) is 42.5. The van der Waals surface area contributed by atoms with Crippen LogP contribution in [0.4, 0.5) is 0 Å². The van der Waals surface area contributed by atoms with Gasteiger partial charge in [-0.2, -0.15) is 0 Å². The van der Waals surface area contributed by atoms with Crippen molar-refractivity contribution in [2.75, 3.05) is 52.4 Å². The molecule has 4 saturated heterocycles. The molecule has 458 valence electrons. The number of hydrogen-bond acceptors (Lipinski definition) is 10. The van der Waals surface area contributed by atoms with Crippen LogP contribution in [0.2, 0.25) is 0 Å². The van der Waals surface area contributed by atoms with Crippen LogP contribution in [0.15, 0.2) is 121 Å². The Bertz CT molecular complexity index is 3550. The number of benzene rings is 4. The van der Waals surface area contributed by atoms with Gasteiger partial charge in [-0.05, 0) is 173 Å². The second-order valence-electron chi connectivity index (χ2n) is 24.5. The Hall–Kier alpha value is -8.31. The first kappa shape index (κ1) is 61.0. The van der Waals surface area contributed by atoms with Gasteiger partial charge in [-0.3, -0.25) is 19.2 Å². The van der Waals surface area contributed by atoms with Crippen LogP contribution < -0.4 is 9.97 Å². The molecule has 3 aromatic heterocycles. The molecule has 89 heavy (non-hydrogen) atoms. The van der Waals surface area contributed by atoms with Crippen molar-refractivity contribution >= 4 is 70.0 Å². The summed E-state index contributed by atoms with van der Waals surface area (Å²) in [5, 5.41) is 0. The molecule has 0 radical (unpaired) electrons. The summed E-state index contributed by atoms with van der Waals surface area (Å²) in [6, 6.07) is 38.6. The molecular weight excluding hydrogens is 1160 g/mol. The Morgan fingerprint density at radius 1 is 0.315 bits per heavy atom. The number of carbonyl (C=O) groups is 4. The minimum atomic E-state index is -0.0819. The standard InChI is InChI=1S/C72H73N8O8.Ni/c1-41-33-77(34-42(2)85-41)69(81)53-17-9-49(10-18-53)65-57-25-27-59(73-57)66(50-11-19-54(20-12-50)70(82)78-35-43(3)86-44(4)36-78)61-29-31-63(75-61)68(52-15-23-56(24-16-52)72(84)80-39-47(7)88-48(8)40-80)64-32-30-62(76-64)67(60-28-26-58(65)74-60)51-13-21-55(22-14-51)71(83)79-37-45(5)87-46(6)38-79;/h9-32,41-48H,33-40H2,1-8H3,(H-,73,74,75,76,81,82,83,84);/q-1;+2/p-1. The van der Waals surface area contributed by atoms with E-state index in [4.69, 9.17) is 38.9 Å². The maximum absolute atomic E-state index is 14.1. The second-order valence-corrected chi connectivity index (χ2v) is 24.5. The summed E-state index contributed by atoms with van der Waals surface area (Å²) in [4.78, 5) is 85.7. The number of morpholine rings is 4. The van der Waals surface area contributed by atoms with E-state index in [1.165, 1.54) is 0 Å². The molecular formula is C72H72N8NiO8. The quantitative estimate of drug-likeness (QED) is 0.132. The van der Waals surface area contributed by atoms with Crippen LogP contribution >= 0.6 is 0 Å². The second kappa shape index (κ2) is 25.3. The molecule has 6 aliphatic heterocycles. The van der Waals surface area contributed by atoms with Crippen molar-refractivity contribution in [2.24, 2.45) is 0 Å². The van der Waals surface area contributed by atoms with Crippen LogP contribution in [-0.4, -0.2) is 154 Å². The maximum Gasteiger partial charge on any atom is 2.00 e. The molecule has 6 aliphatic rings. The van der Waals surface area contributed by atoms with E-state index in [1.54, 1.807) is 0 Å². The van der Waals surface area contributed by atoms with E-state index in [0.29, 0.717) is 119 Å². The van der Waals surface area contributed by atoms with Crippen LogP contribution in [0.1, 0.15) is 120 Å². The third-order valence-corrected chi connectivity index (χ3v) is 17.1. The Morgan fingerprint density at radius 2 is 0.494 bits per heavy atom. The normalized spacial score (nSPS) is 22.7. The van der Waals surface area contributed by atoms with Gasteiger partial charge in [-0.25, -0.2) is 9.97 Å². The molecule has 7 aromatic rings. The Morgan fingerprint density at radius 3 is 0.674 bits per heavy atom. The molecule has 4 amide bonds. The van der Waals surface area contributed by atoms with Gasteiger partial charge in [0.2, 0.25) is 0 Å². The number of carbonyl (C=O) groups excluding carboxylic acids is 4. The van der Waals surface area contributed by atoms with E-state index in [2.05, 4.69) is 0 Å². The molecule has 17 heteroatoms. The fraction of sp³-hybridized carbons (Fsp3) is 0.333. The molecule has 9 heterocycles. The molecule has 0 aliphatic carbocycles. The Kier molecular flexibility index (Phi) is 17.3. The smallest absolute Gasteiger partial charge is 0.657 e. The summed E-state index contributed by atoms with van der Waals surface area (Å²) < 4.78 is 23.9. The van der Waals surface area contributed by atoms with Crippen molar-refractivity contribution in [2.45, 2.75) is 104 Å². The van der Waals surface area contributed by atoms with Crippen molar-refractivity contribution in [1.82, 2.24) is 39.5 Å². The number of rotatable bonds is 8. The van der Waals surface area contributed by atoms with Crippen LogP contribution in [0.25, 0.3) is 90.9 Å².